The monoisotopic (exact) mass is 332 g/mol. The van der Waals surface area contributed by atoms with Gasteiger partial charge in [-0.1, -0.05) is 49.4 Å². The van der Waals surface area contributed by atoms with E-state index in [1.54, 1.807) is 0 Å². The first-order valence-corrected chi connectivity index (χ1v) is 8.19. The second-order valence-corrected chi connectivity index (χ2v) is 6.26. The van der Waals surface area contributed by atoms with Crippen LogP contribution in [0.2, 0.25) is 0 Å². The van der Waals surface area contributed by atoms with E-state index in [1.807, 2.05) is 0 Å². The number of halogens is 1. The molecule has 23 heavy (non-hydrogen) atoms. The van der Waals surface area contributed by atoms with Crippen molar-refractivity contribution in [3.8, 4) is 0 Å². The summed E-state index contributed by atoms with van der Waals surface area (Å²) in [6.07, 6.45) is 0.972. The Bertz CT molecular complexity index is 673. The predicted octanol–water partition coefficient (Wildman–Crippen LogP) is 3.48. The van der Waals surface area contributed by atoms with E-state index in [0.29, 0.717) is 18.5 Å². The van der Waals surface area contributed by atoms with Crippen molar-refractivity contribution in [2.45, 2.75) is 32.2 Å². The van der Waals surface area contributed by atoms with Gasteiger partial charge in [-0.05, 0) is 42.1 Å². The van der Waals surface area contributed by atoms with E-state index >= 15 is 0 Å². The van der Waals surface area contributed by atoms with Crippen LogP contribution >= 0.6 is 12.4 Å². The van der Waals surface area contributed by atoms with E-state index in [2.05, 4.69) is 66.9 Å². The molecule has 0 heterocycles. The van der Waals surface area contributed by atoms with Crippen molar-refractivity contribution in [2.75, 3.05) is 13.1 Å². The normalized spacial score (nSPS) is 20.6. The summed E-state index contributed by atoms with van der Waals surface area (Å²) in [6, 6.07) is 15.3. The molecule has 124 valence electrons. The lowest BCUT2D eigenvalue weighted by atomic mass is 10.0. The van der Waals surface area contributed by atoms with E-state index in [4.69, 9.17) is 0 Å². The zero-order valence-corrected chi connectivity index (χ0v) is 14.5. The topological polar surface area (TPSA) is 41.1 Å². The van der Waals surface area contributed by atoms with Crippen LogP contribution in [0.15, 0.2) is 42.5 Å². The average molecular weight is 333 g/mol. The Morgan fingerprint density at radius 1 is 1.22 bits per heavy atom. The van der Waals surface area contributed by atoms with Gasteiger partial charge in [0.1, 0.15) is 0 Å². The Hall–Kier alpha value is -1.58. The van der Waals surface area contributed by atoms with Gasteiger partial charge in [0.25, 0.3) is 0 Å². The van der Waals surface area contributed by atoms with E-state index in [0.717, 1.165) is 13.0 Å². The van der Waals surface area contributed by atoms with Crippen LogP contribution in [0.1, 0.15) is 31.7 Å². The van der Waals surface area contributed by atoms with Gasteiger partial charge in [0, 0.05) is 18.5 Å². The van der Waals surface area contributed by atoms with Crippen LogP contribution in [-0.2, 0) is 4.79 Å². The van der Waals surface area contributed by atoms with Gasteiger partial charge < -0.3 is 10.6 Å². The van der Waals surface area contributed by atoms with Gasteiger partial charge in [0.05, 0.1) is 0 Å². The van der Waals surface area contributed by atoms with Crippen molar-refractivity contribution in [2.24, 2.45) is 5.92 Å². The number of hydrogen-bond acceptors (Lipinski definition) is 2. The van der Waals surface area contributed by atoms with Crippen molar-refractivity contribution in [1.29, 1.82) is 0 Å². The molecule has 0 aliphatic heterocycles. The summed E-state index contributed by atoms with van der Waals surface area (Å²) in [7, 11) is 0. The van der Waals surface area contributed by atoms with Crippen molar-refractivity contribution in [1.82, 2.24) is 10.6 Å². The number of amides is 1. The predicted molar refractivity (Wildman–Crippen MR) is 98.2 cm³/mol. The lowest BCUT2D eigenvalue weighted by molar-refractivity contribution is -0.122. The molecule has 1 aliphatic rings. The lowest BCUT2D eigenvalue weighted by Gasteiger charge is -2.13. The molecule has 0 radical (unpaired) electrons. The summed E-state index contributed by atoms with van der Waals surface area (Å²) in [5, 5.41) is 8.89. The molecule has 1 amide bonds. The summed E-state index contributed by atoms with van der Waals surface area (Å²) in [5.41, 5.74) is 1.29. The fourth-order valence-corrected chi connectivity index (χ4v) is 3.10. The number of benzene rings is 2. The summed E-state index contributed by atoms with van der Waals surface area (Å²) >= 11 is 0. The molecule has 1 saturated carbocycles. The highest BCUT2D eigenvalue weighted by molar-refractivity contribution is 5.86. The standard InChI is InChI=1S/C19H24N2O.ClH/c1-3-20-13(2)12-21-19(22)18-11-17(18)16-9-8-14-6-4-5-7-15(14)10-16;/h4-10,13,17-18,20H,3,11-12H2,1-2H3,(H,21,22);1H/t13-,17?,18?;/m1./s1. The van der Waals surface area contributed by atoms with Crippen LogP contribution in [0.5, 0.6) is 0 Å². The molecule has 3 rings (SSSR count). The van der Waals surface area contributed by atoms with Crippen LogP contribution < -0.4 is 10.6 Å². The first kappa shape index (κ1) is 17.8. The molecule has 2 unspecified atom stereocenters. The maximum absolute atomic E-state index is 12.2. The van der Waals surface area contributed by atoms with Crippen molar-refractivity contribution in [3.05, 3.63) is 48.0 Å². The summed E-state index contributed by atoms with van der Waals surface area (Å²) in [5.74, 6) is 0.733. The second-order valence-electron chi connectivity index (χ2n) is 6.26. The van der Waals surface area contributed by atoms with Gasteiger partial charge in [-0.2, -0.15) is 0 Å². The number of carbonyl (C=O) groups is 1. The molecule has 0 bridgehead atoms. The Kier molecular flexibility index (Phi) is 6.03. The molecule has 0 saturated heterocycles. The van der Waals surface area contributed by atoms with Crippen LogP contribution in [0, 0.1) is 5.92 Å². The van der Waals surface area contributed by atoms with Crippen LogP contribution in [0.4, 0.5) is 0 Å². The number of hydrogen-bond donors (Lipinski definition) is 2. The highest BCUT2D eigenvalue weighted by atomic mass is 35.5. The number of nitrogens with one attached hydrogen (secondary N) is 2. The molecule has 3 nitrogen and oxygen atoms in total. The number of carbonyl (C=O) groups excluding carboxylic acids is 1. The van der Waals surface area contributed by atoms with E-state index < -0.39 is 0 Å². The van der Waals surface area contributed by atoms with Crippen LogP contribution in [0.3, 0.4) is 0 Å². The maximum atomic E-state index is 12.2. The number of rotatable bonds is 6. The van der Waals surface area contributed by atoms with E-state index in [9.17, 15) is 4.79 Å². The van der Waals surface area contributed by atoms with E-state index in [-0.39, 0.29) is 24.2 Å². The van der Waals surface area contributed by atoms with Gasteiger partial charge in [0.2, 0.25) is 5.91 Å². The molecule has 2 N–H and O–H groups in total. The first-order valence-electron chi connectivity index (χ1n) is 8.19. The second kappa shape index (κ2) is 7.80. The molecule has 1 aliphatic carbocycles. The largest absolute Gasteiger partial charge is 0.354 e. The molecular formula is C19H25ClN2O. The third kappa shape index (κ3) is 4.24. The van der Waals surface area contributed by atoms with Gasteiger partial charge in [-0.25, -0.2) is 0 Å². The Balaban J connectivity index is 0.00000192. The Morgan fingerprint density at radius 3 is 2.70 bits per heavy atom. The zero-order valence-electron chi connectivity index (χ0n) is 13.7. The summed E-state index contributed by atoms with van der Waals surface area (Å²) in [6.45, 7) is 5.81. The van der Waals surface area contributed by atoms with Gasteiger partial charge in [-0.15, -0.1) is 12.4 Å². The summed E-state index contributed by atoms with van der Waals surface area (Å²) in [4.78, 5) is 12.2. The van der Waals surface area contributed by atoms with Gasteiger partial charge in [-0.3, -0.25) is 4.79 Å². The van der Waals surface area contributed by atoms with Crippen molar-refractivity contribution in [3.63, 3.8) is 0 Å². The first-order chi connectivity index (χ1) is 10.7. The molecule has 0 aromatic heterocycles. The van der Waals surface area contributed by atoms with Crippen LogP contribution in [0.25, 0.3) is 10.8 Å². The van der Waals surface area contributed by atoms with Gasteiger partial charge >= 0.3 is 0 Å². The van der Waals surface area contributed by atoms with Crippen LogP contribution in [-0.4, -0.2) is 25.0 Å². The molecule has 3 atom stereocenters. The molecular weight excluding hydrogens is 308 g/mol. The number of likely N-dealkylation sites (N-methyl/N-ethyl adjacent to an activating group) is 1. The Labute approximate surface area is 144 Å². The fraction of sp³-hybridized carbons (Fsp3) is 0.421. The molecule has 0 spiro atoms. The molecule has 4 heteroatoms. The third-order valence-corrected chi connectivity index (χ3v) is 4.46. The van der Waals surface area contributed by atoms with Gasteiger partial charge in [0.15, 0.2) is 0 Å². The number of fused-ring (bicyclic) bond motifs is 1. The Morgan fingerprint density at radius 2 is 1.96 bits per heavy atom. The summed E-state index contributed by atoms with van der Waals surface area (Å²) < 4.78 is 0. The lowest BCUT2D eigenvalue weighted by Crippen LogP contribution is -2.39. The fourth-order valence-electron chi connectivity index (χ4n) is 3.10. The average Bonchev–Trinajstić information content (AvgIpc) is 3.33. The zero-order chi connectivity index (χ0) is 15.5. The molecule has 1 fully saturated rings. The van der Waals surface area contributed by atoms with Crippen molar-refractivity contribution < 1.29 is 4.79 Å². The molecule has 2 aromatic rings. The maximum Gasteiger partial charge on any atom is 0.223 e. The molecule has 2 aromatic carbocycles. The minimum Gasteiger partial charge on any atom is -0.354 e. The minimum atomic E-state index is 0. The third-order valence-electron chi connectivity index (χ3n) is 4.46. The van der Waals surface area contributed by atoms with Crippen molar-refractivity contribution >= 4 is 29.1 Å². The quantitative estimate of drug-likeness (QED) is 0.850. The highest BCUT2D eigenvalue weighted by Crippen LogP contribution is 2.48. The van der Waals surface area contributed by atoms with E-state index in [1.165, 1.54) is 16.3 Å². The minimum absolute atomic E-state index is 0. The SMILES string of the molecule is CCN[C@H](C)CNC(=O)C1CC1c1ccc2ccccc2c1.Cl. The smallest absolute Gasteiger partial charge is 0.223 e. The highest BCUT2D eigenvalue weighted by Gasteiger charge is 2.43.